The lowest BCUT2D eigenvalue weighted by Crippen LogP contribution is -2.23. The molecule has 0 unspecified atom stereocenters. The van der Waals surface area contributed by atoms with Crippen LogP contribution in [-0.4, -0.2) is 38.1 Å². The van der Waals surface area contributed by atoms with E-state index in [-0.39, 0.29) is 18.0 Å². The molecule has 3 aromatic heterocycles. The minimum Gasteiger partial charge on any atom is -0.493 e. The van der Waals surface area contributed by atoms with Crippen LogP contribution in [0.4, 0.5) is 4.39 Å². The van der Waals surface area contributed by atoms with E-state index < -0.39 is 0 Å². The molecule has 0 radical (unpaired) electrons. The summed E-state index contributed by atoms with van der Waals surface area (Å²) in [6.07, 6.45) is 8.21. The second kappa shape index (κ2) is 14.6. The number of benzene rings is 4. The predicted octanol–water partition coefficient (Wildman–Crippen LogP) is 7.24. The summed E-state index contributed by atoms with van der Waals surface area (Å²) in [5.74, 6) is 1.98. The summed E-state index contributed by atoms with van der Waals surface area (Å²) in [5, 5.41) is 9.36. The molecule has 0 aliphatic carbocycles. The van der Waals surface area contributed by atoms with Gasteiger partial charge >= 0.3 is 0 Å². The third-order valence-electron chi connectivity index (χ3n) is 7.78. The van der Waals surface area contributed by atoms with Crippen LogP contribution in [0.3, 0.4) is 0 Å². The number of ether oxygens (including phenoxy) is 3. The van der Waals surface area contributed by atoms with Gasteiger partial charge in [0.2, 0.25) is 4.96 Å². The topological polar surface area (TPSA) is 92.8 Å². The largest absolute Gasteiger partial charge is 0.493 e. The summed E-state index contributed by atoms with van der Waals surface area (Å²) in [4.78, 5) is 18.6. The van der Waals surface area contributed by atoms with Crippen LogP contribution in [0.1, 0.15) is 35.9 Å². The van der Waals surface area contributed by atoms with E-state index in [0.717, 1.165) is 28.8 Å². The van der Waals surface area contributed by atoms with Gasteiger partial charge in [0.15, 0.2) is 17.3 Å². The highest BCUT2D eigenvalue weighted by Crippen LogP contribution is 2.30. The minimum absolute atomic E-state index is 0.0841. The number of halogens is 1. The first-order chi connectivity index (χ1) is 24.5. The number of rotatable bonds is 12. The SMILES string of the molecule is CCCOc1ccc(/C=C/c2nc3s/c(=C\c4cn(-c5ccccc5)nc4-c4cccc(OCc5ccccc5F)c4)c(=O)n3n2)cc1OC. The first-order valence-corrected chi connectivity index (χ1v) is 16.8. The maximum atomic E-state index is 14.2. The number of hydrogen-bond acceptors (Lipinski definition) is 8. The molecule has 0 spiro atoms. The number of hydrogen-bond donors (Lipinski definition) is 0. The highest BCUT2D eigenvalue weighted by atomic mass is 32.1. The molecule has 3 heterocycles. The molecule has 7 aromatic rings. The molecule has 0 saturated heterocycles. The van der Waals surface area contributed by atoms with Crippen molar-refractivity contribution in [1.82, 2.24) is 24.4 Å². The maximum Gasteiger partial charge on any atom is 0.291 e. The Labute approximate surface area is 291 Å². The average molecular weight is 686 g/mol. The van der Waals surface area contributed by atoms with Gasteiger partial charge in [-0.1, -0.05) is 78.9 Å². The Hall–Kier alpha value is -6.07. The second-order valence-corrected chi connectivity index (χ2v) is 12.3. The average Bonchev–Trinajstić information content (AvgIpc) is 3.84. The zero-order valence-corrected chi connectivity index (χ0v) is 28.1. The smallest absolute Gasteiger partial charge is 0.291 e. The lowest BCUT2D eigenvalue weighted by Gasteiger charge is -2.10. The zero-order chi connectivity index (χ0) is 34.5. The maximum absolute atomic E-state index is 14.2. The molecule has 0 fully saturated rings. The first-order valence-electron chi connectivity index (χ1n) is 16.0. The van der Waals surface area contributed by atoms with Crippen molar-refractivity contribution in [3.8, 4) is 34.2 Å². The molecule has 7 rings (SSSR count). The first kappa shape index (κ1) is 32.5. The molecule has 11 heteroatoms. The van der Waals surface area contributed by atoms with Crippen molar-refractivity contribution in [3.63, 3.8) is 0 Å². The number of aromatic nitrogens is 5. The molecule has 0 aliphatic rings. The highest BCUT2D eigenvalue weighted by Gasteiger charge is 2.15. The van der Waals surface area contributed by atoms with Crippen LogP contribution in [0.5, 0.6) is 17.2 Å². The van der Waals surface area contributed by atoms with Gasteiger partial charge in [-0.05, 0) is 66.6 Å². The van der Waals surface area contributed by atoms with Gasteiger partial charge in [0.1, 0.15) is 23.9 Å². The van der Waals surface area contributed by atoms with Crippen molar-refractivity contribution in [2.75, 3.05) is 13.7 Å². The number of fused-ring (bicyclic) bond motifs is 1. The van der Waals surface area contributed by atoms with E-state index in [1.54, 1.807) is 36.1 Å². The predicted molar refractivity (Wildman–Crippen MR) is 193 cm³/mol. The molecule has 0 N–H and O–H groups in total. The summed E-state index contributed by atoms with van der Waals surface area (Å²) >= 11 is 1.25. The van der Waals surface area contributed by atoms with Crippen LogP contribution < -0.4 is 24.3 Å². The van der Waals surface area contributed by atoms with E-state index in [0.29, 0.717) is 50.4 Å². The van der Waals surface area contributed by atoms with Crippen molar-refractivity contribution >= 4 is 34.5 Å². The van der Waals surface area contributed by atoms with Crippen LogP contribution in [0.2, 0.25) is 0 Å². The Morgan fingerprint density at radius 2 is 1.72 bits per heavy atom. The summed E-state index contributed by atoms with van der Waals surface area (Å²) in [6.45, 7) is 2.74. The van der Waals surface area contributed by atoms with Gasteiger partial charge in [-0.25, -0.2) is 9.07 Å². The fourth-order valence-corrected chi connectivity index (χ4v) is 6.20. The molecule has 9 nitrogen and oxygen atoms in total. The van der Waals surface area contributed by atoms with Gasteiger partial charge in [-0.2, -0.15) is 14.6 Å². The van der Waals surface area contributed by atoms with Crippen LogP contribution in [0, 0.1) is 5.82 Å². The number of thiazole rings is 1. The Kier molecular flexibility index (Phi) is 9.48. The van der Waals surface area contributed by atoms with E-state index in [2.05, 4.69) is 10.1 Å². The third-order valence-corrected chi connectivity index (χ3v) is 8.74. The summed E-state index contributed by atoms with van der Waals surface area (Å²) in [6, 6.07) is 29.4. The molecule has 0 atom stereocenters. The summed E-state index contributed by atoms with van der Waals surface area (Å²) in [5.41, 5.74) is 4.07. The van der Waals surface area contributed by atoms with Crippen molar-refractivity contribution < 1.29 is 18.6 Å². The molecule has 0 saturated carbocycles. The molecular formula is C39H32FN5O4S. The van der Waals surface area contributed by atoms with Crippen LogP contribution in [0.15, 0.2) is 108 Å². The standard InChI is InChI=1S/C39H32FN5O4S/c1-3-20-48-33-18-16-26(21-34(33)47-2)17-19-36-41-39-45(42-36)38(46)35(50-39)23-29-24-44(30-12-5-4-6-13-30)43-37(29)27-11-9-14-31(22-27)49-25-28-10-7-8-15-32(28)40/h4-19,21-24H,3,20,25H2,1-2H3/b19-17+,35-23-. The highest BCUT2D eigenvalue weighted by molar-refractivity contribution is 7.15. The lowest BCUT2D eigenvalue weighted by atomic mass is 10.1. The van der Waals surface area contributed by atoms with Crippen molar-refractivity contribution in [2.45, 2.75) is 20.0 Å². The van der Waals surface area contributed by atoms with Gasteiger partial charge in [-0.3, -0.25) is 4.79 Å². The summed E-state index contributed by atoms with van der Waals surface area (Å²) in [7, 11) is 1.61. The fraction of sp³-hybridized carbons (Fsp3) is 0.128. The number of methoxy groups -OCH3 is 1. The van der Waals surface area contributed by atoms with Crippen LogP contribution in [0.25, 0.3) is 40.1 Å². The molecule has 0 aliphatic heterocycles. The molecule has 0 amide bonds. The molecular weight excluding hydrogens is 654 g/mol. The second-order valence-electron chi connectivity index (χ2n) is 11.3. The quantitative estimate of drug-likeness (QED) is 0.134. The molecule has 250 valence electrons. The van der Waals surface area contributed by atoms with E-state index in [9.17, 15) is 9.18 Å². The van der Waals surface area contributed by atoms with E-state index in [1.807, 2.05) is 98.1 Å². The van der Waals surface area contributed by atoms with Gasteiger partial charge in [-0.15, -0.1) is 5.10 Å². The van der Waals surface area contributed by atoms with Crippen molar-refractivity contribution in [3.05, 3.63) is 146 Å². The van der Waals surface area contributed by atoms with Crippen molar-refractivity contribution in [2.24, 2.45) is 0 Å². The Balaban J connectivity index is 1.19. The van der Waals surface area contributed by atoms with Crippen LogP contribution >= 0.6 is 11.3 Å². The van der Waals surface area contributed by atoms with Gasteiger partial charge in [0.25, 0.3) is 5.56 Å². The van der Waals surface area contributed by atoms with Gasteiger partial charge < -0.3 is 14.2 Å². The van der Waals surface area contributed by atoms with Crippen LogP contribution in [-0.2, 0) is 6.61 Å². The molecule has 50 heavy (non-hydrogen) atoms. The third kappa shape index (κ3) is 7.03. The Morgan fingerprint density at radius 1 is 0.880 bits per heavy atom. The Bertz CT molecular complexity index is 2420. The minimum atomic E-state index is -0.320. The summed E-state index contributed by atoms with van der Waals surface area (Å²) < 4.78 is 34.9. The molecule has 4 aromatic carbocycles. The molecule has 0 bridgehead atoms. The van der Waals surface area contributed by atoms with E-state index in [1.165, 1.54) is 21.9 Å². The normalized spacial score (nSPS) is 11.9. The fourth-order valence-electron chi connectivity index (χ4n) is 5.29. The lowest BCUT2D eigenvalue weighted by molar-refractivity contribution is 0.294. The monoisotopic (exact) mass is 685 g/mol. The van der Waals surface area contributed by atoms with Crippen molar-refractivity contribution in [1.29, 1.82) is 0 Å². The van der Waals surface area contributed by atoms with Gasteiger partial charge in [0.05, 0.1) is 23.9 Å². The zero-order valence-electron chi connectivity index (χ0n) is 27.3. The van der Waals surface area contributed by atoms with E-state index >= 15 is 0 Å². The number of nitrogens with zero attached hydrogens (tertiary/aromatic N) is 5. The van der Waals surface area contributed by atoms with E-state index in [4.69, 9.17) is 19.3 Å². The van der Waals surface area contributed by atoms with Gasteiger partial charge in [0, 0.05) is 22.9 Å². The Morgan fingerprint density at radius 3 is 2.52 bits per heavy atom. The number of para-hydroxylation sites is 1.